The number of hydrogen-bond donors (Lipinski definition) is 1. The molecule has 2 fully saturated rings. The van der Waals surface area contributed by atoms with Crippen LogP contribution in [0.4, 0.5) is 0 Å². The van der Waals surface area contributed by atoms with Crippen LogP contribution < -0.4 is 0 Å². The number of hydrogen-bond acceptors (Lipinski definition) is 5. The monoisotopic (exact) mass is 287 g/mol. The number of nitrogens with zero attached hydrogens (tertiary/aromatic N) is 1. The lowest BCUT2D eigenvalue weighted by Gasteiger charge is -2.34. The van der Waals surface area contributed by atoms with Gasteiger partial charge in [0, 0.05) is 13.2 Å². The summed E-state index contributed by atoms with van der Waals surface area (Å²) in [5.74, 6) is -1.36. The van der Waals surface area contributed by atoms with Gasteiger partial charge < -0.3 is 24.2 Å². The van der Waals surface area contributed by atoms with E-state index in [4.69, 9.17) is 19.3 Å². The molecule has 2 aliphatic heterocycles. The summed E-state index contributed by atoms with van der Waals surface area (Å²) in [6.45, 7) is 3.42. The Hall–Kier alpha value is -1.18. The number of ether oxygens (including phenoxy) is 3. The van der Waals surface area contributed by atoms with Crippen molar-refractivity contribution in [2.75, 3.05) is 33.0 Å². The molecule has 2 saturated heterocycles. The first-order chi connectivity index (χ1) is 9.59. The lowest BCUT2D eigenvalue weighted by Crippen LogP contribution is -2.55. The molecule has 114 valence electrons. The van der Waals surface area contributed by atoms with Crippen LogP contribution in [0.15, 0.2) is 0 Å². The van der Waals surface area contributed by atoms with Gasteiger partial charge in [0.1, 0.15) is 6.10 Å². The SMILES string of the molecule is C[C@H](OC[C@@H]1CCCO1)C(=O)N1CCOC[C@@H]1C(=O)O. The fourth-order valence-corrected chi connectivity index (χ4v) is 2.40. The molecule has 0 aromatic heterocycles. The summed E-state index contributed by atoms with van der Waals surface area (Å²) in [6.07, 6.45) is 1.33. The van der Waals surface area contributed by atoms with E-state index in [-0.39, 0.29) is 25.2 Å². The topological polar surface area (TPSA) is 85.3 Å². The van der Waals surface area contributed by atoms with E-state index in [1.807, 2.05) is 0 Å². The molecule has 0 aliphatic carbocycles. The molecule has 0 spiro atoms. The van der Waals surface area contributed by atoms with Gasteiger partial charge in [0.2, 0.25) is 0 Å². The highest BCUT2D eigenvalue weighted by Gasteiger charge is 2.35. The lowest BCUT2D eigenvalue weighted by atomic mass is 10.2. The first kappa shape index (κ1) is 15.2. The molecule has 0 saturated carbocycles. The van der Waals surface area contributed by atoms with E-state index in [0.29, 0.717) is 13.2 Å². The zero-order chi connectivity index (χ0) is 14.5. The normalized spacial score (nSPS) is 28.4. The van der Waals surface area contributed by atoms with Crippen molar-refractivity contribution in [1.82, 2.24) is 4.90 Å². The van der Waals surface area contributed by atoms with Crippen molar-refractivity contribution in [3.8, 4) is 0 Å². The quantitative estimate of drug-likeness (QED) is 0.759. The molecule has 0 radical (unpaired) electrons. The highest BCUT2D eigenvalue weighted by molar-refractivity contribution is 5.86. The first-order valence-corrected chi connectivity index (χ1v) is 6.94. The van der Waals surface area contributed by atoms with Crippen LogP contribution in [-0.2, 0) is 23.8 Å². The van der Waals surface area contributed by atoms with Crippen molar-refractivity contribution in [3.05, 3.63) is 0 Å². The molecule has 1 N–H and O–H groups in total. The standard InChI is InChI=1S/C13H21NO6/c1-9(20-7-10-3-2-5-19-10)12(15)14-4-6-18-8-11(14)13(16)17/h9-11H,2-8H2,1H3,(H,16,17)/t9-,10-,11+/m0/s1. The molecule has 0 unspecified atom stereocenters. The predicted octanol–water partition coefficient (Wildman–Crippen LogP) is -0.117. The van der Waals surface area contributed by atoms with Crippen LogP contribution in [0.1, 0.15) is 19.8 Å². The van der Waals surface area contributed by atoms with Crippen molar-refractivity contribution >= 4 is 11.9 Å². The van der Waals surface area contributed by atoms with Gasteiger partial charge in [-0.1, -0.05) is 0 Å². The smallest absolute Gasteiger partial charge is 0.328 e. The minimum atomic E-state index is -1.05. The maximum Gasteiger partial charge on any atom is 0.328 e. The Labute approximate surface area is 117 Å². The molecule has 20 heavy (non-hydrogen) atoms. The number of carbonyl (C=O) groups is 2. The molecule has 0 bridgehead atoms. The van der Waals surface area contributed by atoms with Gasteiger partial charge in [-0.15, -0.1) is 0 Å². The van der Waals surface area contributed by atoms with Gasteiger partial charge in [0.15, 0.2) is 6.04 Å². The third kappa shape index (κ3) is 3.68. The Bertz CT molecular complexity index is 355. The number of aliphatic carboxylic acids is 1. The van der Waals surface area contributed by atoms with Crippen LogP contribution in [0.5, 0.6) is 0 Å². The minimum absolute atomic E-state index is 0.0273. The molecule has 7 heteroatoms. The van der Waals surface area contributed by atoms with Gasteiger partial charge in [-0.25, -0.2) is 4.79 Å². The molecule has 7 nitrogen and oxygen atoms in total. The average Bonchev–Trinajstić information content (AvgIpc) is 2.97. The van der Waals surface area contributed by atoms with Crippen molar-refractivity contribution < 1.29 is 28.9 Å². The molecular weight excluding hydrogens is 266 g/mol. The molecule has 2 rings (SSSR count). The van der Waals surface area contributed by atoms with Crippen molar-refractivity contribution in [2.45, 2.75) is 38.0 Å². The highest BCUT2D eigenvalue weighted by Crippen LogP contribution is 2.15. The third-order valence-corrected chi connectivity index (χ3v) is 3.60. The Kier molecular flexibility index (Phi) is 5.33. The molecule has 2 heterocycles. The molecule has 0 aromatic carbocycles. The van der Waals surface area contributed by atoms with Gasteiger partial charge in [-0.3, -0.25) is 4.79 Å². The van der Waals surface area contributed by atoms with Crippen molar-refractivity contribution in [3.63, 3.8) is 0 Å². The Morgan fingerprint density at radius 1 is 1.45 bits per heavy atom. The fraction of sp³-hybridized carbons (Fsp3) is 0.846. The van der Waals surface area contributed by atoms with Crippen molar-refractivity contribution in [2.24, 2.45) is 0 Å². The Morgan fingerprint density at radius 3 is 2.90 bits per heavy atom. The minimum Gasteiger partial charge on any atom is -0.480 e. The summed E-state index contributed by atoms with van der Waals surface area (Å²) in [7, 11) is 0. The van der Waals surface area contributed by atoms with E-state index in [1.165, 1.54) is 4.90 Å². The van der Waals surface area contributed by atoms with E-state index in [2.05, 4.69) is 0 Å². The van der Waals surface area contributed by atoms with E-state index >= 15 is 0 Å². The zero-order valence-corrected chi connectivity index (χ0v) is 11.6. The van der Waals surface area contributed by atoms with Gasteiger partial charge in [0.05, 0.1) is 25.9 Å². The largest absolute Gasteiger partial charge is 0.480 e. The van der Waals surface area contributed by atoms with E-state index in [9.17, 15) is 9.59 Å². The Balaban J connectivity index is 1.85. The molecular formula is C13H21NO6. The maximum absolute atomic E-state index is 12.3. The van der Waals surface area contributed by atoms with Gasteiger partial charge in [-0.2, -0.15) is 0 Å². The molecule has 1 amide bonds. The van der Waals surface area contributed by atoms with E-state index in [1.54, 1.807) is 6.92 Å². The van der Waals surface area contributed by atoms with E-state index < -0.39 is 18.1 Å². The third-order valence-electron chi connectivity index (χ3n) is 3.60. The lowest BCUT2D eigenvalue weighted by molar-refractivity contribution is -0.164. The number of rotatable bonds is 5. The van der Waals surface area contributed by atoms with Crippen molar-refractivity contribution in [1.29, 1.82) is 0 Å². The summed E-state index contributed by atoms with van der Waals surface area (Å²) in [5.41, 5.74) is 0. The summed E-state index contributed by atoms with van der Waals surface area (Å²) < 4.78 is 16.1. The number of amides is 1. The van der Waals surface area contributed by atoms with Crippen LogP contribution in [0, 0.1) is 0 Å². The van der Waals surface area contributed by atoms with Crippen LogP contribution >= 0.6 is 0 Å². The summed E-state index contributed by atoms with van der Waals surface area (Å²) >= 11 is 0. The van der Waals surface area contributed by atoms with Gasteiger partial charge in [0.25, 0.3) is 5.91 Å². The maximum atomic E-state index is 12.3. The number of carbonyl (C=O) groups excluding carboxylic acids is 1. The van der Waals surface area contributed by atoms with Crippen LogP contribution in [0.2, 0.25) is 0 Å². The van der Waals surface area contributed by atoms with E-state index in [0.717, 1.165) is 19.4 Å². The molecule has 2 aliphatic rings. The Morgan fingerprint density at radius 2 is 2.25 bits per heavy atom. The van der Waals surface area contributed by atoms with Crippen LogP contribution in [-0.4, -0.2) is 73.1 Å². The number of carboxylic acids is 1. The molecule has 0 aromatic rings. The van der Waals surface area contributed by atoms with Gasteiger partial charge in [-0.05, 0) is 19.8 Å². The van der Waals surface area contributed by atoms with Crippen LogP contribution in [0.25, 0.3) is 0 Å². The summed E-state index contributed by atoms with van der Waals surface area (Å²) in [5, 5.41) is 9.11. The zero-order valence-electron chi connectivity index (χ0n) is 11.6. The second-order valence-corrected chi connectivity index (χ2v) is 5.07. The average molecular weight is 287 g/mol. The second kappa shape index (κ2) is 7.01. The fourth-order valence-electron chi connectivity index (χ4n) is 2.40. The summed E-state index contributed by atoms with van der Waals surface area (Å²) in [6, 6.07) is -0.926. The predicted molar refractivity (Wildman–Crippen MR) is 68.3 cm³/mol. The first-order valence-electron chi connectivity index (χ1n) is 6.94. The molecule has 3 atom stereocenters. The summed E-state index contributed by atoms with van der Waals surface area (Å²) in [4.78, 5) is 24.7. The van der Waals surface area contributed by atoms with Crippen LogP contribution in [0.3, 0.4) is 0 Å². The number of carboxylic acid groups (broad SMARTS) is 1. The number of morpholine rings is 1. The highest BCUT2D eigenvalue weighted by atomic mass is 16.5. The van der Waals surface area contributed by atoms with Gasteiger partial charge >= 0.3 is 5.97 Å². The second-order valence-electron chi connectivity index (χ2n) is 5.07.